The standard InChI is InChI=1S/C13H22N2O2/c1-8(2)5-6-10-12(16)15-11(7-9(3)4)13(17)14-10/h6,8-9,11H,5,7H2,1-4H3,(H,14,17)(H,15,16)/b10-6-/t11-/m0/s1. The van der Waals surface area contributed by atoms with Crippen LogP contribution in [0.1, 0.15) is 40.5 Å². The van der Waals surface area contributed by atoms with Crippen LogP contribution in [0.2, 0.25) is 0 Å². The number of allylic oxidation sites excluding steroid dienone is 1. The molecule has 1 saturated heterocycles. The molecule has 2 N–H and O–H groups in total. The summed E-state index contributed by atoms with van der Waals surface area (Å²) in [5.74, 6) is 0.581. The summed E-state index contributed by atoms with van der Waals surface area (Å²) in [7, 11) is 0. The van der Waals surface area contributed by atoms with Gasteiger partial charge in [0.2, 0.25) is 5.91 Å². The summed E-state index contributed by atoms with van der Waals surface area (Å²) in [6, 6.07) is -0.390. The van der Waals surface area contributed by atoms with Crippen LogP contribution in [0.3, 0.4) is 0 Å². The molecule has 0 aromatic rings. The monoisotopic (exact) mass is 238 g/mol. The largest absolute Gasteiger partial charge is 0.339 e. The molecule has 0 bridgehead atoms. The second kappa shape index (κ2) is 5.84. The molecule has 0 aromatic carbocycles. The third kappa shape index (κ3) is 4.21. The highest BCUT2D eigenvalue weighted by Gasteiger charge is 2.29. The van der Waals surface area contributed by atoms with Crippen LogP contribution in [-0.2, 0) is 9.59 Å². The molecule has 0 unspecified atom stereocenters. The normalized spacial score (nSPS) is 23.2. The van der Waals surface area contributed by atoms with E-state index in [9.17, 15) is 9.59 Å². The molecule has 4 heteroatoms. The van der Waals surface area contributed by atoms with Gasteiger partial charge in [0.1, 0.15) is 11.7 Å². The van der Waals surface area contributed by atoms with Gasteiger partial charge in [0.05, 0.1) is 0 Å². The number of nitrogens with one attached hydrogen (secondary N) is 2. The lowest BCUT2D eigenvalue weighted by molar-refractivity contribution is -0.131. The van der Waals surface area contributed by atoms with Crippen molar-refractivity contribution in [1.82, 2.24) is 10.6 Å². The van der Waals surface area contributed by atoms with E-state index in [1.807, 2.05) is 13.8 Å². The van der Waals surface area contributed by atoms with Gasteiger partial charge in [-0.15, -0.1) is 0 Å². The van der Waals surface area contributed by atoms with E-state index in [0.29, 0.717) is 24.0 Å². The third-order valence-electron chi connectivity index (χ3n) is 2.62. The highest BCUT2D eigenvalue weighted by molar-refractivity contribution is 6.04. The first kappa shape index (κ1) is 13.7. The van der Waals surface area contributed by atoms with Crippen molar-refractivity contribution in [2.24, 2.45) is 11.8 Å². The highest BCUT2D eigenvalue weighted by Crippen LogP contribution is 2.11. The average Bonchev–Trinajstić information content (AvgIpc) is 2.20. The Balaban J connectivity index is 2.64. The summed E-state index contributed by atoms with van der Waals surface area (Å²) >= 11 is 0. The molecule has 0 spiro atoms. The van der Waals surface area contributed by atoms with E-state index >= 15 is 0 Å². The van der Waals surface area contributed by atoms with Crippen LogP contribution in [0.25, 0.3) is 0 Å². The summed E-state index contributed by atoms with van der Waals surface area (Å²) in [6.45, 7) is 8.20. The second-order valence-electron chi connectivity index (χ2n) is 5.39. The van der Waals surface area contributed by atoms with Gasteiger partial charge in [-0.1, -0.05) is 33.8 Å². The molecule has 0 aliphatic carbocycles. The maximum Gasteiger partial charge on any atom is 0.268 e. The Kier molecular flexibility index (Phi) is 4.73. The Hall–Kier alpha value is -1.32. The van der Waals surface area contributed by atoms with Gasteiger partial charge in [0, 0.05) is 0 Å². The van der Waals surface area contributed by atoms with Crippen molar-refractivity contribution in [3.05, 3.63) is 11.8 Å². The third-order valence-corrected chi connectivity index (χ3v) is 2.62. The van der Waals surface area contributed by atoms with Crippen LogP contribution in [0.4, 0.5) is 0 Å². The Labute approximate surface area is 103 Å². The molecule has 2 amide bonds. The Morgan fingerprint density at radius 2 is 1.82 bits per heavy atom. The number of carbonyl (C=O) groups is 2. The molecule has 1 rings (SSSR count). The predicted molar refractivity (Wildman–Crippen MR) is 67.1 cm³/mol. The summed E-state index contributed by atoms with van der Waals surface area (Å²) in [5.41, 5.74) is 0.392. The van der Waals surface area contributed by atoms with Crippen LogP contribution in [0, 0.1) is 11.8 Å². The Morgan fingerprint density at radius 3 is 2.35 bits per heavy atom. The predicted octanol–water partition coefficient (Wildman–Crippen LogP) is 1.58. The van der Waals surface area contributed by atoms with Crippen LogP contribution in [0.15, 0.2) is 11.8 Å². The number of amides is 2. The first-order chi connectivity index (χ1) is 7.90. The molecular weight excluding hydrogens is 216 g/mol. The summed E-state index contributed by atoms with van der Waals surface area (Å²) in [4.78, 5) is 23.5. The van der Waals surface area contributed by atoms with Crippen molar-refractivity contribution in [2.45, 2.75) is 46.6 Å². The van der Waals surface area contributed by atoms with Gasteiger partial charge in [-0.25, -0.2) is 0 Å². The smallest absolute Gasteiger partial charge is 0.268 e. The van der Waals surface area contributed by atoms with Gasteiger partial charge in [-0.2, -0.15) is 0 Å². The lowest BCUT2D eigenvalue weighted by atomic mass is 10.0. The van der Waals surface area contributed by atoms with Gasteiger partial charge in [0.25, 0.3) is 5.91 Å². The minimum absolute atomic E-state index is 0.103. The first-order valence-electron chi connectivity index (χ1n) is 6.22. The van der Waals surface area contributed by atoms with Gasteiger partial charge >= 0.3 is 0 Å². The number of hydrogen-bond donors (Lipinski definition) is 2. The molecular formula is C13H22N2O2. The average molecular weight is 238 g/mol. The Morgan fingerprint density at radius 1 is 1.18 bits per heavy atom. The fourth-order valence-electron chi connectivity index (χ4n) is 1.71. The maximum atomic E-state index is 11.8. The van der Waals surface area contributed by atoms with Crippen LogP contribution < -0.4 is 10.6 Å². The van der Waals surface area contributed by atoms with E-state index in [1.54, 1.807) is 6.08 Å². The van der Waals surface area contributed by atoms with E-state index < -0.39 is 6.04 Å². The number of hydrogen-bond acceptors (Lipinski definition) is 2. The van der Waals surface area contributed by atoms with Crippen molar-refractivity contribution >= 4 is 11.8 Å². The van der Waals surface area contributed by atoms with Crippen molar-refractivity contribution in [3.63, 3.8) is 0 Å². The summed E-state index contributed by atoms with van der Waals surface area (Å²) in [5, 5.41) is 5.44. The molecule has 0 radical (unpaired) electrons. The quantitative estimate of drug-likeness (QED) is 0.730. The zero-order valence-corrected chi connectivity index (χ0v) is 11.0. The summed E-state index contributed by atoms with van der Waals surface area (Å²) in [6.07, 6.45) is 3.26. The minimum atomic E-state index is -0.390. The molecule has 17 heavy (non-hydrogen) atoms. The van der Waals surface area contributed by atoms with Gasteiger partial charge in [-0.3, -0.25) is 9.59 Å². The van der Waals surface area contributed by atoms with Crippen LogP contribution >= 0.6 is 0 Å². The molecule has 0 saturated carbocycles. The summed E-state index contributed by atoms with van der Waals surface area (Å²) < 4.78 is 0. The van der Waals surface area contributed by atoms with Gasteiger partial charge in [-0.05, 0) is 24.7 Å². The van der Waals surface area contributed by atoms with E-state index in [4.69, 9.17) is 0 Å². The lowest BCUT2D eigenvalue weighted by Crippen LogP contribution is -2.55. The lowest BCUT2D eigenvalue weighted by Gasteiger charge is -2.26. The minimum Gasteiger partial charge on any atom is -0.339 e. The van der Waals surface area contributed by atoms with E-state index in [-0.39, 0.29) is 11.8 Å². The van der Waals surface area contributed by atoms with Crippen molar-refractivity contribution in [1.29, 1.82) is 0 Å². The van der Waals surface area contributed by atoms with E-state index in [1.165, 1.54) is 0 Å². The fourth-order valence-corrected chi connectivity index (χ4v) is 1.71. The maximum absolute atomic E-state index is 11.8. The zero-order chi connectivity index (χ0) is 13.0. The number of piperazine rings is 1. The highest BCUT2D eigenvalue weighted by atomic mass is 16.2. The molecule has 96 valence electrons. The van der Waals surface area contributed by atoms with Gasteiger partial charge in [0.15, 0.2) is 0 Å². The zero-order valence-electron chi connectivity index (χ0n) is 11.0. The fraction of sp³-hybridized carbons (Fsp3) is 0.692. The molecule has 1 fully saturated rings. The molecule has 1 atom stereocenters. The molecule has 1 aliphatic heterocycles. The van der Waals surface area contributed by atoms with E-state index in [0.717, 1.165) is 6.42 Å². The first-order valence-corrected chi connectivity index (χ1v) is 6.22. The molecule has 4 nitrogen and oxygen atoms in total. The van der Waals surface area contributed by atoms with Crippen LogP contribution in [-0.4, -0.2) is 17.9 Å². The second-order valence-corrected chi connectivity index (χ2v) is 5.39. The van der Waals surface area contributed by atoms with E-state index in [2.05, 4.69) is 24.5 Å². The van der Waals surface area contributed by atoms with Crippen molar-refractivity contribution in [2.75, 3.05) is 0 Å². The molecule has 1 aliphatic rings. The van der Waals surface area contributed by atoms with Gasteiger partial charge < -0.3 is 10.6 Å². The molecule has 1 heterocycles. The number of rotatable bonds is 4. The van der Waals surface area contributed by atoms with Crippen LogP contribution in [0.5, 0.6) is 0 Å². The molecule has 0 aromatic heterocycles. The van der Waals surface area contributed by atoms with Crippen molar-refractivity contribution in [3.8, 4) is 0 Å². The number of carbonyl (C=O) groups excluding carboxylic acids is 2. The Bertz CT molecular complexity index is 332. The van der Waals surface area contributed by atoms with Crippen molar-refractivity contribution < 1.29 is 9.59 Å². The SMILES string of the molecule is CC(C)C/C=C1\NC(=O)[C@H](CC(C)C)NC1=O. The topological polar surface area (TPSA) is 58.2 Å².